The van der Waals surface area contributed by atoms with Gasteiger partial charge in [0.15, 0.2) is 0 Å². The molecule has 1 aromatic heterocycles. The normalized spacial score (nSPS) is 12.5. The number of hydrogen-bond acceptors (Lipinski definition) is 3. The molecule has 1 aromatic rings. The summed E-state index contributed by atoms with van der Waals surface area (Å²) in [5, 5.41) is 3.05. The van der Waals surface area contributed by atoms with Gasteiger partial charge in [0.2, 0.25) is 0 Å². The van der Waals surface area contributed by atoms with Crippen molar-refractivity contribution < 1.29 is 0 Å². The summed E-state index contributed by atoms with van der Waals surface area (Å²) in [6.07, 6.45) is 2.13. The molecule has 72 valence electrons. The Morgan fingerprint density at radius 2 is 2.38 bits per heavy atom. The highest BCUT2D eigenvalue weighted by Gasteiger charge is 2.00. The van der Waals surface area contributed by atoms with Gasteiger partial charge in [-0.05, 0) is 18.9 Å². The lowest BCUT2D eigenvalue weighted by Gasteiger charge is -2.02. The fourth-order valence-electron chi connectivity index (χ4n) is 0.885. The number of nitrogens with zero attached hydrogens (tertiary/aromatic N) is 1. The molecule has 0 saturated heterocycles. The molecule has 0 bridgehead atoms. The molecule has 3 heteroatoms. The molecule has 0 atom stereocenters. The average molecular weight is 196 g/mol. The van der Waals surface area contributed by atoms with Gasteiger partial charge in [-0.1, -0.05) is 19.4 Å². The zero-order chi connectivity index (χ0) is 9.84. The molecule has 1 heterocycles. The van der Waals surface area contributed by atoms with Gasteiger partial charge in [0, 0.05) is 11.9 Å². The number of thiazole rings is 1. The second-order valence-electron chi connectivity index (χ2n) is 3.41. The predicted molar refractivity (Wildman–Crippen MR) is 58.5 cm³/mol. The van der Waals surface area contributed by atoms with E-state index in [4.69, 9.17) is 5.73 Å². The van der Waals surface area contributed by atoms with Gasteiger partial charge in [-0.25, -0.2) is 4.98 Å². The van der Waals surface area contributed by atoms with Crippen LogP contribution >= 0.6 is 11.3 Å². The summed E-state index contributed by atoms with van der Waals surface area (Å²) in [5.41, 5.74) is 7.87. The van der Waals surface area contributed by atoms with Crippen LogP contribution in [0.1, 0.15) is 31.5 Å². The molecule has 1 rings (SSSR count). The van der Waals surface area contributed by atoms with Crippen molar-refractivity contribution in [2.24, 2.45) is 11.7 Å². The molecule has 0 aromatic carbocycles. The van der Waals surface area contributed by atoms with Crippen LogP contribution in [0.4, 0.5) is 0 Å². The molecular formula is C10H16N2S. The quantitative estimate of drug-likeness (QED) is 0.807. The topological polar surface area (TPSA) is 38.9 Å². The van der Waals surface area contributed by atoms with Crippen LogP contribution in [-0.2, 0) is 6.54 Å². The lowest BCUT2D eigenvalue weighted by atomic mass is 10.0. The molecular weight excluding hydrogens is 180 g/mol. The minimum absolute atomic E-state index is 0.541. The summed E-state index contributed by atoms with van der Waals surface area (Å²) in [4.78, 5) is 4.37. The Morgan fingerprint density at radius 3 is 2.85 bits per heavy atom. The van der Waals surface area contributed by atoms with E-state index in [0.29, 0.717) is 12.5 Å². The molecule has 0 spiro atoms. The summed E-state index contributed by atoms with van der Waals surface area (Å²) in [7, 11) is 0. The third-order valence-corrected chi connectivity index (χ3v) is 2.92. The van der Waals surface area contributed by atoms with Gasteiger partial charge in [0.25, 0.3) is 0 Å². The van der Waals surface area contributed by atoms with E-state index in [1.54, 1.807) is 11.3 Å². The Labute approximate surface area is 83.5 Å². The number of allylic oxidation sites excluding steroid dienone is 1. The minimum atomic E-state index is 0.541. The third kappa shape index (κ3) is 2.94. The van der Waals surface area contributed by atoms with Gasteiger partial charge >= 0.3 is 0 Å². The molecule has 0 radical (unpaired) electrons. The highest BCUT2D eigenvalue weighted by molar-refractivity contribution is 7.09. The van der Waals surface area contributed by atoms with Crippen LogP contribution in [0.2, 0.25) is 0 Å². The smallest absolute Gasteiger partial charge is 0.107 e. The molecule has 2 N–H and O–H groups in total. The van der Waals surface area contributed by atoms with Crippen molar-refractivity contribution in [3.8, 4) is 0 Å². The fourth-order valence-corrected chi connectivity index (χ4v) is 1.52. The van der Waals surface area contributed by atoms with Crippen molar-refractivity contribution in [3.63, 3.8) is 0 Å². The molecule has 0 aliphatic rings. The second-order valence-corrected chi connectivity index (χ2v) is 4.36. The maximum absolute atomic E-state index is 5.48. The van der Waals surface area contributed by atoms with Crippen LogP contribution in [0.25, 0.3) is 6.08 Å². The monoisotopic (exact) mass is 196 g/mol. The van der Waals surface area contributed by atoms with E-state index in [2.05, 4.69) is 31.8 Å². The standard InChI is InChI=1S/C10H16N2S/c1-7(2)8(3)4-9-6-13-10(5-11)12-9/h4,6-7H,5,11H2,1-3H3/b8-4+. The van der Waals surface area contributed by atoms with Crippen molar-refractivity contribution in [1.29, 1.82) is 0 Å². The van der Waals surface area contributed by atoms with E-state index in [9.17, 15) is 0 Å². The summed E-state index contributed by atoms with van der Waals surface area (Å²) in [5.74, 6) is 0.586. The zero-order valence-electron chi connectivity index (χ0n) is 8.37. The lowest BCUT2D eigenvalue weighted by molar-refractivity contribution is 0.775. The summed E-state index contributed by atoms with van der Waals surface area (Å²) in [6.45, 7) is 7.04. The van der Waals surface area contributed by atoms with Crippen molar-refractivity contribution in [3.05, 3.63) is 21.7 Å². The molecule has 0 aliphatic heterocycles. The minimum Gasteiger partial charge on any atom is -0.325 e. The van der Waals surface area contributed by atoms with Crippen molar-refractivity contribution in [2.45, 2.75) is 27.3 Å². The SMILES string of the molecule is C/C(=C\c1csc(CN)n1)C(C)C. The molecule has 0 saturated carbocycles. The number of nitrogens with two attached hydrogens (primary N) is 1. The van der Waals surface area contributed by atoms with E-state index in [-0.39, 0.29) is 0 Å². The first-order valence-corrected chi connectivity index (χ1v) is 5.34. The fraction of sp³-hybridized carbons (Fsp3) is 0.500. The Kier molecular flexibility index (Phi) is 3.63. The summed E-state index contributed by atoms with van der Waals surface area (Å²) >= 11 is 1.62. The highest BCUT2D eigenvalue weighted by atomic mass is 32.1. The van der Waals surface area contributed by atoms with E-state index in [1.165, 1.54) is 5.57 Å². The van der Waals surface area contributed by atoms with Crippen molar-refractivity contribution in [2.75, 3.05) is 0 Å². The van der Waals surface area contributed by atoms with E-state index >= 15 is 0 Å². The zero-order valence-corrected chi connectivity index (χ0v) is 9.19. The lowest BCUT2D eigenvalue weighted by Crippen LogP contribution is -1.95. The average Bonchev–Trinajstić information content (AvgIpc) is 2.52. The van der Waals surface area contributed by atoms with E-state index in [0.717, 1.165) is 10.7 Å². The van der Waals surface area contributed by atoms with Crippen LogP contribution in [0.3, 0.4) is 0 Å². The molecule has 0 unspecified atom stereocenters. The van der Waals surface area contributed by atoms with Gasteiger partial charge in [0.05, 0.1) is 5.69 Å². The Morgan fingerprint density at radius 1 is 1.69 bits per heavy atom. The van der Waals surface area contributed by atoms with Gasteiger partial charge in [-0.15, -0.1) is 11.3 Å². The number of rotatable bonds is 3. The first-order chi connectivity index (χ1) is 6.13. The van der Waals surface area contributed by atoms with Crippen LogP contribution in [0.5, 0.6) is 0 Å². The van der Waals surface area contributed by atoms with Gasteiger partial charge < -0.3 is 5.73 Å². The van der Waals surface area contributed by atoms with Crippen LogP contribution < -0.4 is 5.73 Å². The van der Waals surface area contributed by atoms with Crippen LogP contribution in [-0.4, -0.2) is 4.98 Å². The molecule has 0 fully saturated rings. The molecule has 0 aliphatic carbocycles. The Hall–Kier alpha value is -0.670. The largest absolute Gasteiger partial charge is 0.325 e. The maximum atomic E-state index is 5.48. The van der Waals surface area contributed by atoms with Crippen LogP contribution in [0, 0.1) is 5.92 Å². The van der Waals surface area contributed by atoms with Gasteiger partial charge in [-0.3, -0.25) is 0 Å². The molecule has 2 nitrogen and oxygen atoms in total. The van der Waals surface area contributed by atoms with Gasteiger partial charge in [-0.2, -0.15) is 0 Å². The second kappa shape index (κ2) is 4.53. The molecule has 0 amide bonds. The van der Waals surface area contributed by atoms with E-state index < -0.39 is 0 Å². The maximum Gasteiger partial charge on any atom is 0.107 e. The highest BCUT2D eigenvalue weighted by Crippen LogP contribution is 2.16. The molecule has 13 heavy (non-hydrogen) atoms. The summed E-state index contributed by atoms with van der Waals surface area (Å²) in [6, 6.07) is 0. The van der Waals surface area contributed by atoms with Gasteiger partial charge in [0.1, 0.15) is 5.01 Å². The number of hydrogen-bond donors (Lipinski definition) is 1. The third-order valence-electron chi connectivity index (χ3n) is 2.03. The first kappa shape index (κ1) is 10.4. The predicted octanol–water partition coefficient (Wildman–Crippen LogP) is 2.66. The van der Waals surface area contributed by atoms with Crippen LogP contribution in [0.15, 0.2) is 11.0 Å². The van der Waals surface area contributed by atoms with E-state index in [1.807, 2.05) is 5.38 Å². The van der Waals surface area contributed by atoms with Crippen molar-refractivity contribution >= 4 is 17.4 Å². The Bertz CT molecular complexity index is 300. The first-order valence-electron chi connectivity index (χ1n) is 4.46. The number of aromatic nitrogens is 1. The Balaban J connectivity index is 2.79. The van der Waals surface area contributed by atoms with Crippen molar-refractivity contribution in [1.82, 2.24) is 4.98 Å². The summed E-state index contributed by atoms with van der Waals surface area (Å²) < 4.78 is 0.